The summed E-state index contributed by atoms with van der Waals surface area (Å²) in [6.45, 7) is 7.72. The number of aromatic nitrogens is 1. The van der Waals surface area contributed by atoms with E-state index in [0.29, 0.717) is 54.9 Å². The van der Waals surface area contributed by atoms with Gasteiger partial charge in [-0.25, -0.2) is 14.6 Å². The minimum Gasteiger partial charge on any atom is -0.459 e. The lowest BCUT2D eigenvalue weighted by Gasteiger charge is -2.15. The normalized spacial score (nSPS) is 10.8. The molecule has 0 saturated heterocycles. The number of aryl methyl sites for hydroxylation is 1. The van der Waals surface area contributed by atoms with Gasteiger partial charge in [-0.3, -0.25) is 5.43 Å². The van der Waals surface area contributed by atoms with Gasteiger partial charge in [0.1, 0.15) is 0 Å². The van der Waals surface area contributed by atoms with E-state index in [-0.39, 0.29) is 18.9 Å². The molecule has 260 valence electrons. The molecule has 0 saturated carbocycles. The fourth-order valence-corrected chi connectivity index (χ4v) is 5.64. The van der Waals surface area contributed by atoms with Crippen LogP contribution in [0.4, 0.5) is 16.5 Å². The molecule has 5 aromatic rings. The standard InChI is InChI=1S/C20H18ClN3O2S.C17H17Cl2NO3/c1-13(2)26-19(25)15-8-4-3-7-14(15)11-22-24-20-23-18(12-27-20)16-9-5-6-10-17(16)21;1-3-22-10-23-17(21)12-6-4-5-7-14(12)20-16-13(18)9-8-11(2)15(16)19/h3-13H,1-2H3,(H,23,24);4-9,20H,3,10H2,1-2H3/b22-11+;. The largest absolute Gasteiger partial charge is 0.459 e. The first-order valence-corrected chi connectivity index (χ1v) is 17.4. The number of hydrazone groups is 1. The molecule has 0 radical (unpaired) electrons. The molecule has 0 bridgehead atoms. The fraction of sp³-hybridized carbons (Fsp3) is 0.189. The van der Waals surface area contributed by atoms with Gasteiger partial charge >= 0.3 is 11.9 Å². The highest BCUT2D eigenvalue weighted by atomic mass is 35.5. The van der Waals surface area contributed by atoms with Crippen LogP contribution in [-0.4, -0.2) is 42.6 Å². The number of para-hydroxylation sites is 1. The predicted octanol–water partition coefficient (Wildman–Crippen LogP) is 10.7. The lowest BCUT2D eigenvalue weighted by Crippen LogP contribution is -2.13. The molecule has 0 atom stereocenters. The Bertz CT molecular complexity index is 1950. The summed E-state index contributed by atoms with van der Waals surface area (Å²) in [6.07, 6.45) is 1.40. The first-order valence-electron chi connectivity index (χ1n) is 15.4. The molecule has 4 aromatic carbocycles. The average molecular weight is 754 g/mol. The summed E-state index contributed by atoms with van der Waals surface area (Å²) in [5.74, 6) is -0.858. The van der Waals surface area contributed by atoms with Gasteiger partial charge in [0, 0.05) is 28.1 Å². The number of carbonyl (C=O) groups excluding carboxylic acids is 2. The summed E-state index contributed by atoms with van der Waals surface area (Å²) >= 11 is 20.1. The Morgan fingerprint density at radius 1 is 0.900 bits per heavy atom. The molecule has 0 fully saturated rings. The third-order valence-electron chi connectivity index (χ3n) is 6.71. The molecule has 0 aliphatic heterocycles. The molecule has 13 heteroatoms. The maximum Gasteiger partial charge on any atom is 0.342 e. The Morgan fingerprint density at radius 2 is 1.60 bits per heavy atom. The number of benzene rings is 4. The molecular formula is C37H35Cl3N4O5S. The van der Waals surface area contributed by atoms with E-state index in [1.165, 1.54) is 11.3 Å². The summed E-state index contributed by atoms with van der Waals surface area (Å²) in [4.78, 5) is 28.8. The van der Waals surface area contributed by atoms with Gasteiger partial charge in [0.2, 0.25) is 5.13 Å². The maximum atomic E-state index is 12.2. The van der Waals surface area contributed by atoms with Gasteiger partial charge in [0.05, 0.1) is 50.6 Å². The van der Waals surface area contributed by atoms with Gasteiger partial charge in [-0.15, -0.1) is 11.3 Å². The van der Waals surface area contributed by atoms with Gasteiger partial charge in [-0.1, -0.05) is 89.4 Å². The zero-order chi connectivity index (χ0) is 36.0. The highest BCUT2D eigenvalue weighted by Crippen LogP contribution is 2.36. The van der Waals surface area contributed by atoms with Crippen molar-refractivity contribution in [2.24, 2.45) is 5.10 Å². The maximum absolute atomic E-state index is 12.2. The second-order valence-electron chi connectivity index (χ2n) is 10.7. The highest BCUT2D eigenvalue weighted by Gasteiger charge is 2.16. The summed E-state index contributed by atoms with van der Waals surface area (Å²) < 4.78 is 15.4. The van der Waals surface area contributed by atoms with Crippen molar-refractivity contribution in [2.45, 2.75) is 33.8 Å². The van der Waals surface area contributed by atoms with Crippen LogP contribution in [0.2, 0.25) is 15.1 Å². The van der Waals surface area contributed by atoms with Gasteiger partial charge < -0.3 is 19.5 Å². The van der Waals surface area contributed by atoms with Crippen LogP contribution in [0, 0.1) is 6.92 Å². The van der Waals surface area contributed by atoms with Crippen molar-refractivity contribution < 1.29 is 23.8 Å². The van der Waals surface area contributed by atoms with Crippen LogP contribution in [0.15, 0.2) is 95.4 Å². The van der Waals surface area contributed by atoms with E-state index in [2.05, 4.69) is 20.8 Å². The van der Waals surface area contributed by atoms with E-state index in [4.69, 9.17) is 49.0 Å². The molecule has 9 nitrogen and oxygen atoms in total. The molecular weight excluding hydrogens is 719 g/mol. The van der Waals surface area contributed by atoms with E-state index in [0.717, 1.165) is 16.8 Å². The van der Waals surface area contributed by atoms with Crippen LogP contribution in [0.5, 0.6) is 0 Å². The van der Waals surface area contributed by atoms with Crippen LogP contribution < -0.4 is 10.7 Å². The number of ether oxygens (including phenoxy) is 3. The smallest absolute Gasteiger partial charge is 0.342 e. The molecule has 1 heterocycles. The molecule has 0 unspecified atom stereocenters. The van der Waals surface area contributed by atoms with E-state index in [9.17, 15) is 9.59 Å². The minimum atomic E-state index is -0.485. The molecule has 2 N–H and O–H groups in total. The van der Waals surface area contributed by atoms with Crippen LogP contribution >= 0.6 is 46.1 Å². The minimum absolute atomic E-state index is 0.0877. The number of nitrogens with one attached hydrogen (secondary N) is 2. The Labute approximate surface area is 310 Å². The average Bonchev–Trinajstić information content (AvgIpc) is 3.57. The van der Waals surface area contributed by atoms with Crippen molar-refractivity contribution >= 4 is 80.8 Å². The highest BCUT2D eigenvalue weighted by molar-refractivity contribution is 7.14. The lowest BCUT2D eigenvalue weighted by atomic mass is 10.1. The first-order chi connectivity index (χ1) is 24.1. The quantitative estimate of drug-likeness (QED) is 0.0426. The van der Waals surface area contributed by atoms with Crippen LogP contribution in [0.1, 0.15) is 52.6 Å². The summed E-state index contributed by atoms with van der Waals surface area (Å²) in [7, 11) is 0. The second kappa shape index (κ2) is 19.1. The Hall–Kier alpha value is -4.45. The van der Waals surface area contributed by atoms with Crippen molar-refractivity contribution in [2.75, 3.05) is 24.1 Å². The van der Waals surface area contributed by atoms with Gasteiger partial charge in [0.25, 0.3) is 0 Å². The molecule has 50 heavy (non-hydrogen) atoms. The molecule has 0 spiro atoms. The van der Waals surface area contributed by atoms with Crippen molar-refractivity contribution in [1.82, 2.24) is 4.98 Å². The van der Waals surface area contributed by atoms with Gasteiger partial charge in [-0.2, -0.15) is 5.10 Å². The van der Waals surface area contributed by atoms with Gasteiger partial charge in [0.15, 0.2) is 6.79 Å². The second-order valence-corrected chi connectivity index (χ2v) is 12.7. The first kappa shape index (κ1) is 38.4. The van der Waals surface area contributed by atoms with Gasteiger partial charge in [-0.05, 0) is 63.6 Å². The number of nitrogens with zero attached hydrogens (tertiary/aromatic N) is 2. The number of hydrogen-bond acceptors (Lipinski definition) is 10. The monoisotopic (exact) mass is 752 g/mol. The van der Waals surface area contributed by atoms with E-state index in [1.54, 1.807) is 54.7 Å². The number of halogens is 3. The number of rotatable bonds is 12. The molecule has 5 rings (SSSR count). The Morgan fingerprint density at radius 3 is 2.34 bits per heavy atom. The zero-order valence-corrected chi connectivity index (χ0v) is 30.8. The van der Waals surface area contributed by atoms with E-state index >= 15 is 0 Å². The zero-order valence-electron chi connectivity index (χ0n) is 27.7. The predicted molar refractivity (Wildman–Crippen MR) is 204 cm³/mol. The molecule has 0 amide bonds. The fourth-order valence-electron chi connectivity index (χ4n) is 4.28. The molecule has 1 aromatic heterocycles. The summed E-state index contributed by atoms with van der Waals surface area (Å²) in [5, 5.41) is 11.5. The van der Waals surface area contributed by atoms with E-state index in [1.807, 2.05) is 69.5 Å². The third kappa shape index (κ3) is 10.8. The third-order valence-corrected chi connectivity index (χ3v) is 8.59. The number of thiazole rings is 1. The van der Waals surface area contributed by atoms with Crippen LogP contribution in [0.3, 0.4) is 0 Å². The molecule has 0 aliphatic rings. The van der Waals surface area contributed by atoms with Crippen molar-refractivity contribution in [1.29, 1.82) is 0 Å². The number of carbonyl (C=O) groups is 2. The molecule has 0 aliphatic carbocycles. The Kier molecular flexibility index (Phi) is 14.6. The van der Waals surface area contributed by atoms with E-state index < -0.39 is 5.97 Å². The van der Waals surface area contributed by atoms with Crippen LogP contribution in [-0.2, 0) is 14.2 Å². The van der Waals surface area contributed by atoms with Crippen LogP contribution in [0.25, 0.3) is 11.3 Å². The number of esters is 2. The number of hydrogen-bond donors (Lipinski definition) is 2. The number of anilines is 3. The topological polar surface area (TPSA) is 111 Å². The summed E-state index contributed by atoms with van der Waals surface area (Å²) in [5.41, 5.74) is 8.05. The van der Waals surface area contributed by atoms with Crippen molar-refractivity contribution in [3.8, 4) is 11.3 Å². The summed E-state index contributed by atoms with van der Waals surface area (Å²) in [6, 6.07) is 25.2. The Balaban J connectivity index is 0.000000228. The lowest BCUT2D eigenvalue weighted by molar-refractivity contribution is -0.0273. The van der Waals surface area contributed by atoms with Crippen molar-refractivity contribution in [3.63, 3.8) is 0 Å². The van der Waals surface area contributed by atoms with Crippen molar-refractivity contribution in [3.05, 3.63) is 128 Å². The SMILES string of the molecule is CC(C)OC(=O)c1ccccc1/C=N/Nc1nc(-c2ccccc2Cl)cs1.CCOCOC(=O)c1ccccc1Nc1c(Cl)ccc(C)c1Cl.